The zero-order chi connectivity index (χ0) is 13.2. The van der Waals surface area contributed by atoms with E-state index in [2.05, 4.69) is 4.98 Å². The molecule has 5 heteroatoms. The van der Waals surface area contributed by atoms with Gasteiger partial charge in [0.15, 0.2) is 5.82 Å². The van der Waals surface area contributed by atoms with Crippen LogP contribution in [0.2, 0.25) is 0 Å². The second kappa shape index (κ2) is 4.68. The second-order valence-electron chi connectivity index (χ2n) is 4.13. The quantitative estimate of drug-likeness (QED) is 0.788. The Morgan fingerprint density at radius 2 is 2.05 bits per heavy atom. The number of rotatable bonds is 1. The van der Waals surface area contributed by atoms with Crippen LogP contribution in [0.3, 0.4) is 0 Å². The smallest absolute Gasteiger partial charge is 0.258 e. The normalized spacial score (nSPS) is 13.6. The zero-order valence-electron chi connectivity index (χ0n) is 10.0. The van der Waals surface area contributed by atoms with Crippen molar-refractivity contribution in [3.05, 3.63) is 54.1 Å². The van der Waals surface area contributed by atoms with Gasteiger partial charge in [-0.15, -0.1) is 0 Å². The molecule has 2 heterocycles. The molecule has 2 aromatic rings. The van der Waals surface area contributed by atoms with Gasteiger partial charge < -0.3 is 4.74 Å². The molecule has 3 rings (SSSR count). The lowest BCUT2D eigenvalue weighted by molar-refractivity contribution is 0.0975. The molecule has 1 amide bonds. The molecule has 96 valence electrons. The van der Waals surface area contributed by atoms with Crippen LogP contribution in [0.25, 0.3) is 0 Å². The van der Waals surface area contributed by atoms with Crippen molar-refractivity contribution in [3.63, 3.8) is 0 Å². The first-order valence-electron chi connectivity index (χ1n) is 5.90. The molecule has 0 radical (unpaired) electrons. The Morgan fingerprint density at radius 3 is 2.84 bits per heavy atom. The van der Waals surface area contributed by atoms with Crippen molar-refractivity contribution in [1.82, 2.24) is 4.98 Å². The Kier molecular flexibility index (Phi) is 2.87. The monoisotopic (exact) mass is 258 g/mol. The van der Waals surface area contributed by atoms with Gasteiger partial charge in [-0.3, -0.25) is 14.7 Å². The van der Waals surface area contributed by atoms with Crippen LogP contribution >= 0.6 is 0 Å². The standard InChI is InChI=1S/C14H11FN2O2/c15-11-2-1-3-12-13(11)17(8-9-19-12)14(18)10-4-6-16-7-5-10/h1-7H,8-9H2. The molecule has 4 nitrogen and oxygen atoms in total. The summed E-state index contributed by atoms with van der Waals surface area (Å²) in [5.74, 6) is -0.315. The fourth-order valence-corrected chi connectivity index (χ4v) is 2.09. The lowest BCUT2D eigenvalue weighted by Crippen LogP contribution is -2.38. The van der Waals surface area contributed by atoms with Gasteiger partial charge in [0.2, 0.25) is 0 Å². The van der Waals surface area contributed by atoms with E-state index in [0.717, 1.165) is 0 Å². The number of fused-ring (bicyclic) bond motifs is 1. The SMILES string of the molecule is O=C(c1ccncc1)N1CCOc2cccc(F)c21. The summed E-state index contributed by atoms with van der Waals surface area (Å²) in [4.78, 5) is 17.7. The fourth-order valence-electron chi connectivity index (χ4n) is 2.09. The summed E-state index contributed by atoms with van der Waals surface area (Å²) in [7, 11) is 0. The minimum atomic E-state index is -0.459. The van der Waals surface area contributed by atoms with Gasteiger partial charge in [0.1, 0.15) is 18.0 Å². The molecule has 1 aliphatic rings. The first-order chi connectivity index (χ1) is 9.27. The van der Waals surface area contributed by atoms with Crippen LogP contribution in [-0.2, 0) is 0 Å². The molecule has 0 bridgehead atoms. The topological polar surface area (TPSA) is 42.4 Å². The first kappa shape index (κ1) is 11.6. The highest BCUT2D eigenvalue weighted by Gasteiger charge is 2.27. The van der Waals surface area contributed by atoms with Gasteiger partial charge >= 0.3 is 0 Å². The Morgan fingerprint density at radius 1 is 1.26 bits per heavy atom. The number of halogens is 1. The average Bonchev–Trinajstić information content (AvgIpc) is 2.47. The van der Waals surface area contributed by atoms with Gasteiger partial charge in [0, 0.05) is 18.0 Å². The van der Waals surface area contributed by atoms with Gasteiger partial charge in [-0.2, -0.15) is 0 Å². The van der Waals surface area contributed by atoms with Gasteiger partial charge in [-0.1, -0.05) is 6.07 Å². The van der Waals surface area contributed by atoms with E-state index in [-0.39, 0.29) is 11.6 Å². The Bertz CT molecular complexity index is 616. The van der Waals surface area contributed by atoms with E-state index in [1.54, 1.807) is 24.3 Å². The van der Waals surface area contributed by atoms with Gasteiger partial charge in [0.05, 0.1) is 6.54 Å². The second-order valence-corrected chi connectivity index (χ2v) is 4.13. The van der Waals surface area contributed by atoms with E-state index in [9.17, 15) is 9.18 Å². The molecule has 0 spiro atoms. The Balaban J connectivity index is 2.03. The molecule has 0 saturated heterocycles. The van der Waals surface area contributed by atoms with Crippen LogP contribution in [0, 0.1) is 5.82 Å². The first-order valence-corrected chi connectivity index (χ1v) is 5.90. The summed E-state index contributed by atoms with van der Waals surface area (Å²) in [6, 6.07) is 7.76. The number of amides is 1. The van der Waals surface area contributed by atoms with E-state index in [4.69, 9.17) is 4.74 Å². The van der Waals surface area contributed by atoms with E-state index in [0.29, 0.717) is 24.5 Å². The number of hydrogen-bond acceptors (Lipinski definition) is 3. The number of carbonyl (C=O) groups excluding carboxylic acids is 1. The Hall–Kier alpha value is -2.43. The number of anilines is 1. The minimum absolute atomic E-state index is 0.204. The minimum Gasteiger partial charge on any atom is -0.489 e. The molecule has 0 unspecified atom stereocenters. The number of aromatic nitrogens is 1. The summed E-state index contributed by atoms with van der Waals surface area (Å²) < 4.78 is 19.3. The maximum atomic E-state index is 13.9. The number of hydrogen-bond donors (Lipinski definition) is 0. The van der Waals surface area contributed by atoms with Crippen LogP contribution in [0.4, 0.5) is 10.1 Å². The molecule has 0 aliphatic carbocycles. The third kappa shape index (κ3) is 2.03. The van der Waals surface area contributed by atoms with Crippen molar-refractivity contribution in [2.24, 2.45) is 0 Å². The molecule has 1 aromatic heterocycles. The highest BCUT2D eigenvalue weighted by Crippen LogP contribution is 2.34. The summed E-state index contributed by atoms with van der Waals surface area (Å²) in [5.41, 5.74) is 0.682. The molecule has 0 saturated carbocycles. The molecular formula is C14H11FN2O2. The van der Waals surface area contributed by atoms with E-state index in [1.165, 1.54) is 23.4 Å². The van der Waals surface area contributed by atoms with Crippen LogP contribution in [0.1, 0.15) is 10.4 Å². The lowest BCUT2D eigenvalue weighted by Gasteiger charge is -2.29. The maximum Gasteiger partial charge on any atom is 0.258 e. The van der Waals surface area contributed by atoms with Gasteiger partial charge in [0.25, 0.3) is 5.91 Å². The largest absolute Gasteiger partial charge is 0.489 e. The number of pyridine rings is 1. The molecule has 19 heavy (non-hydrogen) atoms. The highest BCUT2D eigenvalue weighted by atomic mass is 19.1. The Labute approximate surface area is 109 Å². The molecule has 1 aromatic carbocycles. The lowest BCUT2D eigenvalue weighted by atomic mass is 10.1. The zero-order valence-corrected chi connectivity index (χ0v) is 10.0. The summed E-state index contributed by atoms with van der Waals surface area (Å²) in [5, 5.41) is 0. The molecular weight excluding hydrogens is 247 g/mol. The summed E-state index contributed by atoms with van der Waals surface area (Å²) in [6.45, 7) is 0.683. The number of nitrogens with zero attached hydrogens (tertiary/aromatic N) is 2. The van der Waals surface area contributed by atoms with Crippen molar-refractivity contribution in [3.8, 4) is 5.75 Å². The van der Waals surface area contributed by atoms with Gasteiger partial charge in [-0.05, 0) is 24.3 Å². The average molecular weight is 258 g/mol. The van der Waals surface area contributed by atoms with Crippen LogP contribution < -0.4 is 9.64 Å². The van der Waals surface area contributed by atoms with E-state index in [1.807, 2.05) is 0 Å². The van der Waals surface area contributed by atoms with Crippen molar-refractivity contribution in [1.29, 1.82) is 0 Å². The predicted molar refractivity (Wildman–Crippen MR) is 67.8 cm³/mol. The van der Waals surface area contributed by atoms with Gasteiger partial charge in [-0.25, -0.2) is 4.39 Å². The third-order valence-corrected chi connectivity index (χ3v) is 2.96. The van der Waals surface area contributed by atoms with Crippen molar-refractivity contribution >= 4 is 11.6 Å². The number of benzene rings is 1. The van der Waals surface area contributed by atoms with Crippen molar-refractivity contribution < 1.29 is 13.9 Å². The molecule has 1 aliphatic heterocycles. The number of para-hydroxylation sites is 1. The third-order valence-electron chi connectivity index (χ3n) is 2.96. The van der Waals surface area contributed by atoms with Crippen molar-refractivity contribution in [2.45, 2.75) is 0 Å². The van der Waals surface area contributed by atoms with Crippen LogP contribution in [0.5, 0.6) is 5.75 Å². The maximum absolute atomic E-state index is 13.9. The summed E-state index contributed by atoms with van der Waals surface area (Å²) in [6.07, 6.45) is 3.08. The van der Waals surface area contributed by atoms with Crippen molar-refractivity contribution in [2.75, 3.05) is 18.1 Å². The molecule has 0 N–H and O–H groups in total. The van der Waals surface area contributed by atoms with E-state index < -0.39 is 5.82 Å². The molecule has 0 atom stereocenters. The summed E-state index contributed by atoms with van der Waals surface area (Å²) >= 11 is 0. The molecule has 0 fully saturated rings. The number of carbonyl (C=O) groups is 1. The highest BCUT2D eigenvalue weighted by molar-refractivity contribution is 6.07. The van der Waals surface area contributed by atoms with Crippen LogP contribution in [0.15, 0.2) is 42.7 Å². The van der Waals surface area contributed by atoms with E-state index >= 15 is 0 Å². The predicted octanol–water partition coefficient (Wildman–Crippen LogP) is 2.26. The fraction of sp³-hybridized carbons (Fsp3) is 0.143. The number of ether oxygens (including phenoxy) is 1. The van der Waals surface area contributed by atoms with Crippen LogP contribution in [-0.4, -0.2) is 24.0 Å².